The Kier molecular flexibility index (Phi) is 2.32. The third kappa shape index (κ3) is 2.56. The molecule has 3 nitrogen and oxygen atoms in total. The van der Waals surface area contributed by atoms with Crippen molar-refractivity contribution in [1.82, 2.24) is 0 Å². The maximum atomic E-state index is 10.1. The van der Waals surface area contributed by atoms with E-state index in [2.05, 4.69) is 4.74 Å². The summed E-state index contributed by atoms with van der Waals surface area (Å²) in [4.78, 5) is 10.1. The normalized spacial score (nSPS) is 19.7. The van der Waals surface area contributed by atoms with Crippen LogP contribution in [0.2, 0.25) is 0 Å². The Morgan fingerprint density at radius 2 is 2.11 bits per heavy atom. The Labute approximate surface area is 60.0 Å². The van der Waals surface area contributed by atoms with Gasteiger partial charge in [-0.2, -0.15) is 0 Å². The van der Waals surface area contributed by atoms with Gasteiger partial charge < -0.3 is 10.5 Å². The van der Waals surface area contributed by atoms with Crippen molar-refractivity contribution in [1.29, 1.82) is 0 Å². The SMILES string of the molecule is CC1(OC(N)=O)CC1.Cl. The highest BCUT2D eigenvalue weighted by molar-refractivity contribution is 5.85. The number of nitrogens with two attached hydrogens (primary N) is 1. The van der Waals surface area contributed by atoms with Gasteiger partial charge in [0.15, 0.2) is 0 Å². The second-order valence-corrected chi connectivity index (χ2v) is 2.37. The molecule has 1 saturated carbocycles. The monoisotopic (exact) mass is 151 g/mol. The lowest BCUT2D eigenvalue weighted by atomic mass is 10.4. The number of halogens is 1. The van der Waals surface area contributed by atoms with Crippen molar-refractivity contribution in [2.24, 2.45) is 5.73 Å². The Morgan fingerprint density at radius 1 is 1.67 bits per heavy atom. The summed E-state index contributed by atoms with van der Waals surface area (Å²) in [5.41, 5.74) is 4.55. The second-order valence-electron chi connectivity index (χ2n) is 2.37. The zero-order valence-corrected chi connectivity index (χ0v) is 6.03. The highest BCUT2D eigenvalue weighted by Gasteiger charge is 2.41. The first-order valence-corrected chi connectivity index (χ1v) is 2.61. The molecule has 1 fully saturated rings. The molecular formula is C5H10ClNO2. The highest BCUT2D eigenvalue weighted by atomic mass is 35.5. The zero-order chi connectivity index (χ0) is 6.20. The average molecular weight is 152 g/mol. The van der Waals surface area contributed by atoms with Crippen LogP contribution in [0.15, 0.2) is 0 Å². The van der Waals surface area contributed by atoms with Gasteiger partial charge >= 0.3 is 6.09 Å². The summed E-state index contributed by atoms with van der Waals surface area (Å²) in [5, 5.41) is 0. The summed E-state index contributed by atoms with van der Waals surface area (Å²) in [6, 6.07) is 0. The molecule has 0 aromatic rings. The van der Waals surface area contributed by atoms with Crippen LogP contribution in [0, 0.1) is 0 Å². The predicted molar refractivity (Wildman–Crippen MR) is 35.6 cm³/mol. The van der Waals surface area contributed by atoms with Crippen molar-refractivity contribution in [3.8, 4) is 0 Å². The van der Waals surface area contributed by atoms with E-state index in [1.807, 2.05) is 6.92 Å². The summed E-state index contributed by atoms with van der Waals surface area (Å²) in [6.45, 7) is 1.87. The van der Waals surface area contributed by atoms with Crippen LogP contribution in [-0.2, 0) is 4.74 Å². The van der Waals surface area contributed by atoms with Crippen LogP contribution in [0.1, 0.15) is 19.8 Å². The Balaban J connectivity index is 0.000000640. The molecule has 1 rings (SSSR count). The number of amides is 1. The number of rotatable bonds is 1. The van der Waals surface area contributed by atoms with Crippen molar-refractivity contribution in [3.63, 3.8) is 0 Å². The van der Waals surface area contributed by atoms with Gasteiger partial charge in [0.1, 0.15) is 5.60 Å². The van der Waals surface area contributed by atoms with Gasteiger partial charge in [0, 0.05) is 0 Å². The van der Waals surface area contributed by atoms with Crippen LogP contribution in [-0.4, -0.2) is 11.7 Å². The minimum Gasteiger partial charge on any atom is -0.443 e. The minimum absolute atomic E-state index is 0. The van der Waals surface area contributed by atoms with E-state index < -0.39 is 6.09 Å². The zero-order valence-electron chi connectivity index (χ0n) is 5.22. The molecule has 0 aromatic carbocycles. The standard InChI is InChI=1S/C5H9NO2.ClH/c1-5(2-3-5)8-4(6)7;/h2-3H2,1H3,(H2,6,7);1H. The molecule has 0 atom stereocenters. The van der Waals surface area contributed by atoms with Crippen LogP contribution < -0.4 is 5.73 Å². The van der Waals surface area contributed by atoms with Gasteiger partial charge in [0.2, 0.25) is 0 Å². The number of hydrogen-bond acceptors (Lipinski definition) is 2. The first kappa shape index (κ1) is 8.56. The van der Waals surface area contributed by atoms with E-state index in [-0.39, 0.29) is 18.0 Å². The van der Waals surface area contributed by atoms with Crippen LogP contribution in [0.3, 0.4) is 0 Å². The molecule has 0 saturated heterocycles. The number of primary amides is 1. The Morgan fingerprint density at radius 3 is 2.22 bits per heavy atom. The van der Waals surface area contributed by atoms with E-state index in [9.17, 15) is 4.79 Å². The Bertz CT molecular complexity index is 122. The van der Waals surface area contributed by atoms with Crippen molar-refractivity contribution < 1.29 is 9.53 Å². The lowest BCUT2D eigenvalue weighted by Crippen LogP contribution is -2.20. The number of carbonyl (C=O) groups excluding carboxylic acids is 1. The van der Waals surface area contributed by atoms with E-state index >= 15 is 0 Å². The maximum Gasteiger partial charge on any atom is 0.405 e. The summed E-state index contributed by atoms with van der Waals surface area (Å²) in [6.07, 6.45) is 1.25. The van der Waals surface area contributed by atoms with E-state index in [1.165, 1.54) is 0 Å². The molecule has 0 bridgehead atoms. The molecule has 1 aliphatic carbocycles. The quantitative estimate of drug-likeness (QED) is 0.609. The van der Waals surface area contributed by atoms with E-state index in [0.717, 1.165) is 12.8 Å². The number of carbonyl (C=O) groups is 1. The van der Waals surface area contributed by atoms with Gasteiger partial charge in [-0.1, -0.05) is 0 Å². The summed E-state index contributed by atoms with van der Waals surface area (Å²) in [5.74, 6) is 0. The van der Waals surface area contributed by atoms with Gasteiger partial charge in [0.05, 0.1) is 0 Å². The summed E-state index contributed by atoms with van der Waals surface area (Å²) >= 11 is 0. The second kappa shape index (κ2) is 2.43. The Hall–Kier alpha value is -0.440. The van der Waals surface area contributed by atoms with Gasteiger partial charge in [-0.3, -0.25) is 0 Å². The fraction of sp³-hybridized carbons (Fsp3) is 0.800. The molecule has 9 heavy (non-hydrogen) atoms. The lowest BCUT2D eigenvalue weighted by molar-refractivity contribution is 0.102. The molecule has 0 aliphatic heterocycles. The molecule has 0 radical (unpaired) electrons. The lowest BCUT2D eigenvalue weighted by Gasteiger charge is -2.05. The van der Waals surface area contributed by atoms with Gasteiger partial charge in [-0.15, -0.1) is 12.4 Å². The molecule has 0 heterocycles. The van der Waals surface area contributed by atoms with Gasteiger partial charge in [-0.05, 0) is 19.8 Å². The van der Waals surface area contributed by atoms with Crippen LogP contribution in [0.25, 0.3) is 0 Å². The van der Waals surface area contributed by atoms with E-state index in [0.29, 0.717) is 0 Å². The van der Waals surface area contributed by atoms with Gasteiger partial charge in [-0.25, -0.2) is 4.79 Å². The van der Waals surface area contributed by atoms with E-state index in [1.54, 1.807) is 0 Å². The molecule has 54 valence electrons. The van der Waals surface area contributed by atoms with Gasteiger partial charge in [0.25, 0.3) is 0 Å². The summed E-state index contributed by atoms with van der Waals surface area (Å²) < 4.78 is 4.69. The average Bonchev–Trinajstić information content (AvgIpc) is 2.17. The molecule has 0 unspecified atom stereocenters. The summed E-state index contributed by atoms with van der Waals surface area (Å²) in [7, 11) is 0. The molecule has 4 heteroatoms. The minimum atomic E-state index is -0.662. The third-order valence-electron chi connectivity index (χ3n) is 1.30. The number of ether oxygens (including phenoxy) is 1. The largest absolute Gasteiger partial charge is 0.443 e. The van der Waals surface area contributed by atoms with Crippen molar-refractivity contribution >= 4 is 18.5 Å². The fourth-order valence-corrected chi connectivity index (χ4v) is 0.521. The maximum absolute atomic E-state index is 10.1. The number of hydrogen-bond donors (Lipinski definition) is 1. The van der Waals surface area contributed by atoms with Crippen LogP contribution >= 0.6 is 12.4 Å². The fourth-order valence-electron chi connectivity index (χ4n) is 0.521. The molecule has 0 spiro atoms. The smallest absolute Gasteiger partial charge is 0.405 e. The predicted octanol–water partition coefficient (Wildman–Crippen LogP) is 1.06. The van der Waals surface area contributed by atoms with E-state index in [4.69, 9.17) is 5.73 Å². The highest BCUT2D eigenvalue weighted by Crippen LogP contribution is 2.38. The topological polar surface area (TPSA) is 52.3 Å². The van der Waals surface area contributed by atoms with Crippen molar-refractivity contribution in [3.05, 3.63) is 0 Å². The third-order valence-corrected chi connectivity index (χ3v) is 1.30. The van der Waals surface area contributed by atoms with Crippen LogP contribution in [0.4, 0.5) is 4.79 Å². The van der Waals surface area contributed by atoms with Crippen molar-refractivity contribution in [2.45, 2.75) is 25.4 Å². The molecule has 0 aromatic heterocycles. The van der Waals surface area contributed by atoms with Crippen molar-refractivity contribution in [2.75, 3.05) is 0 Å². The molecular weight excluding hydrogens is 142 g/mol. The molecule has 1 aliphatic rings. The first-order chi connectivity index (χ1) is 3.62. The molecule has 1 amide bonds. The van der Waals surface area contributed by atoms with Crippen LogP contribution in [0.5, 0.6) is 0 Å². The first-order valence-electron chi connectivity index (χ1n) is 2.61. The molecule has 2 N–H and O–H groups in total.